The minimum absolute atomic E-state index is 0.184. The van der Waals surface area contributed by atoms with Crippen molar-refractivity contribution >= 4 is 32.3 Å². The normalized spacial score (nSPS) is 15.6. The van der Waals surface area contributed by atoms with Gasteiger partial charge in [0.15, 0.2) is 0 Å². The van der Waals surface area contributed by atoms with E-state index in [1.807, 2.05) is 0 Å². The van der Waals surface area contributed by atoms with Crippen LogP contribution in [0.25, 0.3) is 65.7 Å². The molecule has 2 aliphatic carbocycles. The van der Waals surface area contributed by atoms with Crippen LogP contribution >= 0.6 is 0 Å². The maximum Gasteiger partial charge on any atom is 0.0352 e. The first-order valence-electron chi connectivity index (χ1n) is 17.7. The van der Waals surface area contributed by atoms with Crippen LogP contribution in [0.1, 0.15) is 45.2 Å². The lowest BCUT2D eigenvalue weighted by Crippen LogP contribution is -1.99. The fourth-order valence-corrected chi connectivity index (χ4v) is 9.23. The molecule has 0 N–H and O–H groups in total. The van der Waals surface area contributed by atoms with Crippen molar-refractivity contribution in [3.05, 3.63) is 215 Å². The van der Waals surface area contributed by atoms with E-state index in [0.717, 1.165) is 0 Å². The summed E-state index contributed by atoms with van der Waals surface area (Å²) in [5.41, 5.74) is 16.2. The van der Waals surface area contributed by atoms with Crippen LogP contribution in [0.4, 0.5) is 0 Å². The van der Waals surface area contributed by atoms with Crippen molar-refractivity contribution in [1.82, 2.24) is 0 Å². The van der Waals surface area contributed by atoms with E-state index in [4.69, 9.17) is 0 Å². The topological polar surface area (TPSA) is 0 Å². The lowest BCUT2D eigenvalue weighted by molar-refractivity contribution is 1.01. The molecule has 0 heterocycles. The minimum atomic E-state index is 0.184. The largest absolute Gasteiger partial charge is 0.0622 e. The summed E-state index contributed by atoms with van der Waals surface area (Å²) in [6.45, 7) is 0. The van der Waals surface area contributed by atoms with Gasteiger partial charge in [-0.15, -0.1) is 0 Å². The molecule has 0 radical (unpaired) electrons. The Balaban J connectivity index is 1.06. The summed E-state index contributed by atoms with van der Waals surface area (Å²) in [4.78, 5) is 0. The molecule has 9 aromatic carbocycles. The van der Waals surface area contributed by atoms with Crippen LogP contribution in [0.2, 0.25) is 0 Å². The predicted molar refractivity (Wildman–Crippen MR) is 210 cm³/mol. The maximum atomic E-state index is 2.47. The standard InChI is InChI=1S/C50H32/c1-2-12-31(13-3-1)49-42-20-10-8-18-39(42)47-28-32(22-26-44(47)49)33-23-27-45-48(29-33)40-19-9-11-21-43(40)50(45)34-24-25-41-37-16-5-4-14-35(37)36-15-6-7-17-38(36)46(41)30-34/h1-30,49-50H. The van der Waals surface area contributed by atoms with Crippen LogP contribution in [-0.2, 0) is 0 Å². The molecule has 0 aliphatic heterocycles. The van der Waals surface area contributed by atoms with Gasteiger partial charge in [-0.3, -0.25) is 0 Å². The van der Waals surface area contributed by atoms with Gasteiger partial charge >= 0.3 is 0 Å². The SMILES string of the molecule is c1ccc(C2c3ccccc3-c3cc(-c4ccc5c(c4)-c4ccccc4C5c4ccc5c6ccccc6c6ccccc6c5c4)ccc32)cc1. The number of hydrogen-bond donors (Lipinski definition) is 0. The van der Waals surface area contributed by atoms with E-state index in [1.165, 1.54) is 99.1 Å². The van der Waals surface area contributed by atoms with E-state index in [-0.39, 0.29) is 11.8 Å². The smallest absolute Gasteiger partial charge is 0.0352 e. The quantitative estimate of drug-likeness (QED) is 0.170. The molecule has 0 nitrogen and oxygen atoms in total. The van der Waals surface area contributed by atoms with Crippen LogP contribution < -0.4 is 0 Å². The Kier molecular flexibility index (Phi) is 5.89. The molecule has 0 fully saturated rings. The van der Waals surface area contributed by atoms with Crippen LogP contribution in [0.5, 0.6) is 0 Å². The summed E-state index contributed by atoms with van der Waals surface area (Å²) in [7, 11) is 0. The van der Waals surface area contributed by atoms with E-state index in [9.17, 15) is 0 Å². The third-order valence-corrected chi connectivity index (χ3v) is 11.4. The first-order valence-corrected chi connectivity index (χ1v) is 17.7. The second-order valence-electron chi connectivity index (χ2n) is 14.0. The van der Waals surface area contributed by atoms with E-state index >= 15 is 0 Å². The Labute approximate surface area is 291 Å². The molecular weight excluding hydrogens is 601 g/mol. The van der Waals surface area contributed by atoms with Gasteiger partial charge in [0.25, 0.3) is 0 Å². The summed E-state index contributed by atoms with van der Waals surface area (Å²) in [6, 6.07) is 68.1. The van der Waals surface area contributed by atoms with Crippen molar-refractivity contribution in [3.8, 4) is 33.4 Å². The molecular formula is C50H32. The number of hydrogen-bond acceptors (Lipinski definition) is 0. The van der Waals surface area contributed by atoms with Crippen molar-refractivity contribution in [1.29, 1.82) is 0 Å². The van der Waals surface area contributed by atoms with Gasteiger partial charge in [0, 0.05) is 11.8 Å². The van der Waals surface area contributed by atoms with Crippen LogP contribution in [-0.4, -0.2) is 0 Å². The van der Waals surface area contributed by atoms with Gasteiger partial charge < -0.3 is 0 Å². The number of rotatable bonds is 3. The summed E-state index contributed by atoms with van der Waals surface area (Å²) in [5, 5.41) is 7.91. The highest BCUT2D eigenvalue weighted by atomic mass is 14.3. The molecule has 9 aromatic rings. The van der Waals surface area contributed by atoms with Crippen molar-refractivity contribution < 1.29 is 0 Å². The maximum absolute atomic E-state index is 2.47. The Morgan fingerprint density at radius 2 is 0.660 bits per heavy atom. The molecule has 0 saturated heterocycles. The van der Waals surface area contributed by atoms with Gasteiger partial charge in [0.2, 0.25) is 0 Å². The highest BCUT2D eigenvalue weighted by Crippen LogP contribution is 2.52. The van der Waals surface area contributed by atoms with E-state index < -0.39 is 0 Å². The number of fused-ring (bicyclic) bond motifs is 12. The molecule has 232 valence electrons. The lowest BCUT2D eigenvalue weighted by atomic mass is 9.85. The molecule has 0 bridgehead atoms. The van der Waals surface area contributed by atoms with E-state index in [1.54, 1.807) is 0 Å². The molecule has 0 saturated carbocycles. The molecule has 0 heteroatoms. The zero-order valence-corrected chi connectivity index (χ0v) is 27.5. The van der Waals surface area contributed by atoms with Crippen molar-refractivity contribution in [2.75, 3.05) is 0 Å². The molecule has 2 unspecified atom stereocenters. The highest BCUT2D eigenvalue weighted by Gasteiger charge is 2.32. The van der Waals surface area contributed by atoms with E-state index in [0.29, 0.717) is 0 Å². The monoisotopic (exact) mass is 632 g/mol. The Hall–Kier alpha value is -6.24. The summed E-state index contributed by atoms with van der Waals surface area (Å²) < 4.78 is 0. The van der Waals surface area contributed by atoms with Gasteiger partial charge in [-0.05, 0) is 117 Å². The molecule has 0 aromatic heterocycles. The third kappa shape index (κ3) is 3.94. The first kappa shape index (κ1) is 27.7. The van der Waals surface area contributed by atoms with Gasteiger partial charge in [-0.1, -0.05) is 164 Å². The lowest BCUT2D eigenvalue weighted by Gasteiger charge is -2.17. The van der Waals surface area contributed by atoms with Gasteiger partial charge in [0.1, 0.15) is 0 Å². The molecule has 50 heavy (non-hydrogen) atoms. The van der Waals surface area contributed by atoms with Crippen molar-refractivity contribution in [2.24, 2.45) is 0 Å². The molecule has 2 aliphatic rings. The molecule has 2 atom stereocenters. The van der Waals surface area contributed by atoms with Crippen LogP contribution in [0, 0.1) is 0 Å². The second kappa shape index (κ2) is 10.6. The van der Waals surface area contributed by atoms with Crippen LogP contribution in [0.15, 0.2) is 182 Å². The van der Waals surface area contributed by atoms with Crippen molar-refractivity contribution in [2.45, 2.75) is 11.8 Å². The van der Waals surface area contributed by atoms with Crippen LogP contribution in [0.3, 0.4) is 0 Å². The third-order valence-electron chi connectivity index (χ3n) is 11.4. The highest BCUT2D eigenvalue weighted by molar-refractivity contribution is 6.25. The van der Waals surface area contributed by atoms with Gasteiger partial charge in [0.05, 0.1) is 0 Å². The van der Waals surface area contributed by atoms with E-state index in [2.05, 4.69) is 182 Å². The summed E-state index contributed by atoms with van der Waals surface area (Å²) in [6.07, 6.45) is 0. The summed E-state index contributed by atoms with van der Waals surface area (Å²) >= 11 is 0. The Bertz CT molecular complexity index is 2790. The van der Waals surface area contributed by atoms with Crippen molar-refractivity contribution in [3.63, 3.8) is 0 Å². The fraction of sp³-hybridized carbons (Fsp3) is 0.0400. The fourth-order valence-electron chi connectivity index (χ4n) is 9.23. The second-order valence-corrected chi connectivity index (χ2v) is 14.0. The van der Waals surface area contributed by atoms with Gasteiger partial charge in [-0.2, -0.15) is 0 Å². The first-order chi connectivity index (χ1) is 24.8. The molecule has 0 amide bonds. The molecule has 11 rings (SSSR count). The zero-order valence-electron chi connectivity index (χ0n) is 27.5. The average molecular weight is 633 g/mol. The summed E-state index contributed by atoms with van der Waals surface area (Å²) in [5.74, 6) is 0.449. The van der Waals surface area contributed by atoms with Gasteiger partial charge in [-0.25, -0.2) is 0 Å². The predicted octanol–water partition coefficient (Wildman–Crippen LogP) is 13.1. The number of benzene rings is 9. The average Bonchev–Trinajstić information content (AvgIpc) is 3.70. The minimum Gasteiger partial charge on any atom is -0.0622 e. The Morgan fingerprint density at radius 3 is 1.22 bits per heavy atom. The molecule has 0 spiro atoms. The Morgan fingerprint density at radius 1 is 0.240 bits per heavy atom. The zero-order chi connectivity index (χ0) is 32.8.